The molecule has 1 aliphatic rings. The minimum atomic E-state index is 0.674. The van der Waals surface area contributed by atoms with Crippen molar-refractivity contribution in [2.24, 2.45) is 5.92 Å². The van der Waals surface area contributed by atoms with Gasteiger partial charge < -0.3 is 5.32 Å². The monoisotopic (exact) mass is 231 g/mol. The number of aryl methyl sites for hydroxylation is 1. The number of rotatable bonds is 6. The van der Waals surface area contributed by atoms with Crippen LogP contribution in [0.1, 0.15) is 43.7 Å². The molecule has 17 heavy (non-hydrogen) atoms. The maximum atomic E-state index is 3.64. The molecule has 0 spiro atoms. The van der Waals surface area contributed by atoms with Crippen LogP contribution in [0.3, 0.4) is 0 Å². The normalized spacial score (nSPS) is 17.8. The first-order valence-corrected chi connectivity index (χ1v) is 7.07. The molecule has 0 aromatic heterocycles. The molecular formula is C16H25N. The van der Waals surface area contributed by atoms with E-state index in [0.29, 0.717) is 6.04 Å². The Bertz CT molecular complexity index is 324. The third kappa shape index (κ3) is 3.85. The smallest absolute Gasteiger partial charge is 0.0110 e. The van der Waals surface area contributed by atoms with E-state index in [2.05, 4.69) is 43.4 Å². The van der Waals surface area contributed by atoms with Crippen molar-refractivity contribution >= 4 is 0 Å². The lowest BCUT2D eigenvalue weighted by Crippen LogP contribution is -2.34. The van der Waals surface area contributed by atoms with Gasteiger partial charge in [0.05, 0.1) is 0 Å². The van der Waals surface area contributed by atoms with Gasteiger partial charge in [-0.3, -0.25) is 0 Å². The highest BCUT2D eigenvalue weighted by molar-refractivity contribution is 5.22. The highest BCUT2D eigenvalue weighted by Crippen LogP contribution is 2.31. The SMILES string of the molecule is CCNC(Cc1ccc(C)cc1)CC1CCC1. The van der Waals surface area contributed by atoms with E-state index in [1.54, 1.807) is 0 Å². The molecule has 0 bridgehead atoms. The molecule has 0 radical (unpaired) electrons. The second-order valence-electron chi connectivity index (χ2n) is 5.48. The molecule has 1 aromatic rings. The second-order valence-corrected chi connectivity index (χ2v) is 5.48. The summed E-state index contributed by atoms with van der Waals surface area (Å²) in [6.07, 6.45) is 6.91. The molecule has 0 heterocycles. The van der Waals surface area contributed by atoms with Gasteiger partial charge in [-0.2, -0.15) is 0 Å². The lowest BCUT2D eigenvalue weighted by molar-refractivity contribution is 0.260. The third-order valence-electron chi connectivity index (χ3n) is 3.94. The number of benzene rings is 1. The predicted molar refractivity (Wildman–Crippen MR) is 74.3 cm³/mol. The minimum absolute atomic E-state index is 0.674. The van der Waals surface area contributed by atoms with Gasteiger partial charge in [0, 0.05) is 6.04 Å². The summed E-state index contributed by atoms with van der Waals surface area (Å²) in [5.74, 6) is 0.990. The molecule has 1 aliphatic carbocycles. The number of likely N-dealkylation sites (N-methyl/N-ethyl adjacent to an activating group) is 1. The Labute approximate surface area is 106 Å². The van der Waals surface area contributed by atoms with Gasteiger partial charge in [0.15, 0.2) is 0 Å². The second kappa shape index (κ2) is 6.20. The first kappa shape index (κ1) is 12.6. The first-order chi connectivity index (χ1) is 8.28. The molecule has 1 N–H and O–H groups in total. The molecule has 0 saturated heterocycles. The van der Waals surface area contributed by atoms with E-state index in [1.165, 1.54) is 43.2 Å². The molecule has 1 nitrogen and oxygen atoms in total. The topological polar surface area (TPSA) is 12.0 Å². The summed E-state index contributed by atoms with van der Waals surface area (Å²) in [6, 6.07) is 9.68. The van der Waals surface area contributed by atoms with E-state index in [1.807, 2.05) is 0 Å². The van der Waals surface area contributed by atoms with E-state index in [4.69, 9.17) is 0 Å². The summed E-state index contributed by atoms with van der Waals surface area (Å²) < 4.78 is 0. The van der Waals surface area contributed by atoms with Gasteiger partial charge in [-0.25, -0.2) is 0 Å². The van der Waals surface area contributed by atoms with Crippen LogP contribution in [0, 0.1) is 12.8 Å². The van der Waals surface area contributed by atoms with Crippen molar-refractivity contribution in [1.29, 1.82) is 0 Å². The van der Waals surface area contributed by atoms with Crippen molar-refractivity contribution in [1.82, 2.24) is 5.32 Å². The first-order valence-electron chi connectivity index (χ1n) is 7.07. The Balaban J connectivity index is 1.88. The highest BCUT2D eigenvalue weighted by atomic mass is 14.9. The van der Waals surface area contributed by atoms with Crippen LogP contribution in [0.2, 0.25) is 0 Å². The van der Waals surface area contributed by atoms with Crippen LogP contribution >= 0.6 is 0 Å². The molecular weight excluding hydrogens is 206 g/mol. The fourth-order valence-electron chi connectivity index (χ4n) is 2.67. The lowest BCUT2D eigenvalue weighted by atomic mass is 9.80. The summed E-state index contributed by atoms with van der Waals surface area (Å²) >= 11 is 0. The Morgan fingerprint density at radius 3 is 2.47 bits per heavy atom. The predicted octanol–water partition coefficient (Wildman–Crippen LogP) is 3.71. The van der Waals surface area contributed by atoms with Crippen LogP contribution < -0.4 is 5.32 Å². The van der Waals surface area contributed by atoms with Gasteiger partial charge in [-0.1, -0.05) is 56.0 Å². The molecule has 1 fully saturated rings. The standard InChI is InChI=1S/C16H25N/c1-3-17-16(11-14-5-4-6-14)12-15-9-7-13(2)8-10-15/h7-10,14,16-17H,3-6,11-12H2,1-2H3. The van der Waals surface area contributed by atoms with Gasteiger partial charge in [-0.05, 0) is 37.8 Å². The Morgan fingerprint density at radius 2 is 1.94 bits per heavy atom. The van der Waals surface area contributed by atoms with Gasteiger partial charge in [0.25, 0.3) is 0 Å². The third-order valence-corrected chi connectivity index (χ3v) is 3.94. The van der Waals surface area contributed by atoms with Crippen LogP contribution in [0.5, 0.6) is 0 Å². The summed E-state index contributed by atoms with van der Waals surface area (Å²) in [6.45, 7) is 5.45. The van der Waals surface area contributed by atoms with E-state index >= 15 is 0 Å². The molecule has 2 rings (SSSR count). The zero-order chi connectivity index (χ0) is 12.1. The minimum Gasteiger partial charge on any atom is -0.314 e. The van der Waals surface area contributed by atoms with Crippen molar-refractivity contribution in [2.45, 2.75) is 52.0 Å². The number of hydrogen-bond acceptors (Lipinski definition) is 1. The summed E-state index contributed by atoms with van der Waals surface area (Å²) in [4.78, 5) is 0. The van der Waals surface area contributed by atoms with Crippen LogP contribution in [-0.2, 0) is 6.42 Å². The van der Waals surface area contributed by atoms with Crippen molar-refractivity contribution in [3.63, 3.8) is 0 Å². The molecule has 1 saturated carbocycles. The average Bonchev–Trinajstić information content (AvgIpc) is 2.27. The van der Waals surface area contributed by atoms with E-state index in [9.17, 15) is 0 Å². The van der Waals surface area contributed by atoms with Gasteiger partial charge in [0.1, 0.15) is 0 Å². The van der Waals surface area contributed by atoms with Gasteiger partial charge >= 0.3 is 0 Å². The van der Waals surface area contributed by atoms with E-state index in [-0.39, 0.29) is 0 Å². The summed E-state index contributed by atoms with van der Waals surface area (Å²) in [7, 11) is 0. The molecule has 0 amide bonds. The number of nitrogens with one attached hydrogen (secondary N) is 1. The molecule has 1 aromatic carbocycles. The maximum absolute atomic E-state index is 3.64. The molecule has 1 heteroatoms. The number of hydrogen-bond donors (Lipinski definition) is 1. The van der Waals surface area contributed by atoms with Crippen molar-refractivity contribution in [2.75, 3.05) is 6.54 Å². The fourth-order valence-corrected chi connectivity index (χ4v) is 2.67. The lowest BCUT2D eigenvalue weighted by Gasteiger charge is -2.30. The quantitative estimate of drug-likeness (QED) is 0.787. The molecule has 1 atom stereocenters. The van der Waals surface area contributed by atoms with Crippen LogP contribution in [0.4, 0.5) is 0 Å². The zero-order valence-corrected chi connectivity index (χ0v) is 11.2. The van der Waals surface area contributed by atoms with Crippen molar-refractivity contribution in [3.8, 4) is 0 Å². The van der Waals surface area contributed by atoms with Crippen molar-refractivity contribution in [3.05, 3.63) is 35.4 Å². The maximum Gasteiger partial charge on any atom is 0.0110 e. The van der Waals surface area contributed by atoms with Crippen LogP contribution in [0.15, 0.2) is 24.3 Å². The van der Waals surface area contributed by atoms with E-state index < -0.39 is 0 Å². The fraction of sp³-hybridized carbons (Fsp3) is 0.625. The largest absolute Gasteiger partial charge is 0.314 e. The van der Waals surface area contributed by atoms with E-state index in [0.717, 1.165) is 12.5 Å². The highest BCUT2D eigenvalue weighted by Gasteiger charge is 2.21. The van der Waals surface area contributed by atoms with Crippen LogP contribution in [-0.4, -0.2) is 12.6 Å². The average molecular weight is 231 g/mol. The Hall–Kier alpha value is -0.820. The molecule has 0 aliphatic heterocycles. The summed E-state index contributed by atoms with van der Waals surface area (Å²) in [5, 5.41) is 3.64. The molecule has 1 unspecified atom stereocenters. The Morgan fingerprint density at radius 1 is 1.24 bits per heavy atom. The Kier molecular flexibility index (Phi) is 4.61. The van der Waals surface area contributed by atoms with Gasteiger partial charge in [-0.15, -0.1) is 0 Å². The molecule has 94 valence electrons. The summed E-state index contributed by atoms with van der Waals surface area (Å²) in [5.41, 5.74) is 2.83. The van der Waals surface area contributed by atoms with Crippen molar-refractivity contribution < 1.29 is 0 Å². The zero-order valence-electron chi connectivity index (χ0n) is 11.2. The van der Waals surface area contributed by atoms with Gasteiger partial charge in [0.2, 0.25) is 0 Å². The van der Waals surface area contributed by atoms with Crippen LogP contribution in [0.25, 0.3) is 0 Å².